The number of nitrogens with zero attached hydrogens (tertiary/aromatic N) is 1. The van der Waals surface area contributed by atoms with Gasteiger partial charge in [-0.3, -0.25) is 14.9 Å². The molecule has 0 fully saturated rings. The Balaban J connectivity index is 2.08. The maximum Gasteiger partial charge on any atom is 0.340 e. The molecule has 1 atom stereocenters. The van der Waals surface area contributed by atoms with Crippen LogP contribution in [0.15, 0.2) is 42.5 Å². The lowest BCUT2D eigenvalue weighted by molar-refractivity contribution is -0.384. The fraction of sp³-hybridized carbons (Fsp3) is 0.222. The second-order valence-corrected chi connectivity index (χ2v) is 5.70. The van der Waals surface area contributed by atoms with Crippen LogP contribution in [0.2, 0.25) is 5.02 Å². The molecule has 8 heteroatoms. The smallest absolute Gasteiger partial charge is 0.340 e. The maximum absolute atomic E-state index is 12.4. The molecule has 0 saturated heterocycles. The molecular formula is C18H16ClNO6. The summed E-state index contributed by atoms with van der Waals surface area (Å²) in [6.45, 7) is 3.80. The van der Waals surface area contributed by atoms with Gasteiger partial charge in [0.05, 0.1) is 22.1 Å². The Morgan fingerprint density at radius 3 is 2.38 bits per heavy atom. The van der Waals surface area contributed by atoms with Crippen molar-refractivity contribution in [3.8, 4) is 5.75 Å². The number of hydrogen-bond acceptors (Lipinski definition) is 6. The van der Waals surface area contributed by atoms with Gasteiger partial charge in [-0.1, -0.05) is 11.6 Å². The van der Waals surface area contributed by atoms with Crippen molar-refractivity contribution >= 4 is 29.0 Å². The Labute approximate surface area is 154 Å². The van der Waals surface area contributed by atoms with Crippen LogP contribution in [0.25, 0.3) is 0 Å². The zero-order valence-electron chi connectivity index (χ0n) is 14.1. The summed E-state index contributed by atoms with van der Waals surface area (Å²) in [7, 11) is 0. The summed E-state index contributed by atoms with van der Waals surface area (Å²) in [6, 6.07) is 9.85. The molecule has 136 valence electrons. The van der Waals surface area contributed by atoms with E-state index >= 15 is 0 Å². The number of non-ortho nitro benzene ring substituents is 1. The maximum atomic E-state index is 12.4. The van der Waals surface area contributed by atoms with Gasteiger partial charge in [0, 0.05) is 17.7 Å². The fourth-order valence-electron chi connectivity index (χ4n) is 2.18. The third kappa shape index (κ3) is 4.58. The normalized spacial score (nSPS) is 11.5. The Hall–Kier alpha value is -2.93. The summed E-state index contributed by atoms with van der Waals surface area (Å²) >= 11 is 5.89. The standard InChI is InChI=1S/C18H16ClNO6/c1-3-25-14-7-4-12(5-8-14)17(21)11(2)26-18(22)15-9-6-13(20(23)24)10-16(15)19/h4-11H,3H2,1-2H3/t11-/m1/s1. The van der Waals surface area contributed by atoms with Crippen LogP contribution in [-0.4, -0.2) is 29.4 Å². The SMILES string of the molecule is CCOc1ccc(C(=O)[C@@H](C)OC(=O)c2ccc([N+](=O)[O-])cc2Cl)cc1. The number of carbonyl (C=O) groups is 2. The first kappa shape index (κ1) is 19.4. The number of hydrogen-bond donors (Lipinski definition) is 0. The van der Waals surface area contributed by atoms with Gasteiger partial charge in [0.2, 0.25) is 5.78 Å². The van der Waals surface area contributed by atoms with Gasteiger partial charge in [0.25, 0.3) is 5.69 Å². The van der Waals surface area contributed by atoms with Crippen molar-refractivity contribution in [2.75, 3.05) is 6.61 Å². The van der Waals surface area contributed by atoms with E-state index in [0.717, 1.165) is 12.1 Å². The van der Waals surface area contributed by atoms with Gasteiger partial charge in [0.15, 0.2) is 6.10 Å². The highest BCUT2D eigenvalue weighted by Gasteiger charge is 2.23. The van der Waals surface area contributed by atoms with Crippen molar-refractivity contribution in [1.82, 2.24) is 0 Å². The van der Waals surface area contributed by atoms with E-state index in [9.17, 15) is 19.7 Å². The quantitative estimate of drug-likeness (QED) is 0.312. The van der Waals surface area contributed by atoms with Gasteiger partial charge in [0.1, 0.15) is 5.75 Å². The number of halogens is 1. The fourth-order valence-corrected chi connectivity index (χ4v) is 2.43. The van der Waals surface area contributed by atoms with E-state index in [1.807, 2.05) is 6.92 Å². The molecule has 2 aromatic rings. The molecule has 0 heterocycles. The zero-order valence-corrected chi connectivity index (χ0v) is 14.9. The largest absolute Gasteiger partial charge is 0.494 e. The van der Waals surface area contributed by atoms with Gasteiger partial charge >= 0.3 is 5.97 Å². The Kier molecular flexibility index (Phi) is 6.30. The van der Waals surface area contributed by atoms with Crippen molar-refractivity contribution in [3.63, 3.8) is 0 Å². The van der Waals surface area contributed by atoms with Crippen LogP contribution in [0.5, 0.6) is 5.75 Å². The molecule has 0 radical (unpaired) electrons. The second kappa shape index (κ2) is 8.44. The number of carbonyl (C=O) groups excluding carboxylic acids is 2. The lowest BCUT2D eigenvalue weighted by Crippen LogP contribution is -2.24. The van der Waals surface area contributed by atoms with Crippen LogP contribution in [0.4, 0.5) is 5.69 Å². The van der Waals surface area contributed by atoms with Crippen molar-refractivity contribution in [1.29, 1.82) is 0 Å². The first-order chi connectivity index (χ1) is 12.3. The molecule has 0 aliphatic rings. The van der Waals surface area contributed by atoms with Crippen LogP contribution in [-0.2, 0) is 4.74 Å². The average molecular weight is 378 g/mol. The molecule has 26 heavy (non-hydrogen) atoms. The number of esters is 1. The number of rotatable bonds is 7. The minimum atomic E-state index is -1.05. The minimum Gasteiger partial charge on any atom is -0.494 e. The van der Waals surface area contributed by atoms with Crippen LogP contribution in [0, 0.1) is 10.1 Å². The molecule has 0 unspecified atom stereocenters. The number of Topliss-reactive ketones (excluding diaryl/α,β-unsaturated/α-hetero) is 1. The summed E-state index contributed by atoms with van der Waals surface area (Å²) in [5.74, 6) is -0.595. The van der Waals surface area contributed by atoms with Crippen molar-refractivity contribution in [2.24, 2.45) is 0 Å². The molecule has 0 saturated carbocycles. The molecule has 7 nitrogen and oxygen atoms in total. The molecule has 2 rings (SSSR count). The third-order valence-electron chi connectivity index (χ3n) is 3.49. The number of benzene rings is 2. The highest BCUT2D eigenvalue weighted by molar-refractivity contribution is 6.33. The molecule has 0 spiro atoms. The van der Waals surface area contributed by atoms with E-state index in [-0.39, 0.29) is 22.1 Å². The molecule has 0 N–H and O–H groups in total. The topological polar surface area (TPSA) is 95.7 Å². The molecule has 2 aromatic carbocycles. The zero-order chi connectivity index (χ0) is 19.3. The Morgan fingerprint density at radius 2 is 1.85 bits per heavy atom. The summed E-state index contributed by atoms with van der Waals surface area (Å²) in [4.78, 5) is 34.6. The first-order valence-corrected chi connectivity index (χ1v) is 8.13. The third-order valence-corrected chi connectivity index (χ3v) is 3.80. The molecule has 0 bridgehead atoms. The average Bonchev–Trinajstić information content (AvgIpc) is 2.61. The summed E-state index contributed by atoms with van der Waals surface area (Å²) < 4.78 is 10.4. The molecular weight excluding hydrogens is 362 g/mol. The number of ether oxygens (including phenoxy) is 2. The molecule has 0 aliphatic carbocycles. The van der Waals surface area contributed by atoms with Gasteiger partial charge in [-0.15, -0.1) is 0 Å². The lowest BCUT2D eigenvalue weighted by Gasteiger charge is -2.13. The van der Waals surface area contributed by atoms with E-state index < -0.39 is 17.0 Å². The van der Waals surface area contributed by atoms with E-state index in [0.29, 0.717) is 17.9 Å². The van der Waals surface area contributed by atoms with Gasteiger partial charge in [-0.05, 0) is 44.2 Å². The van der Waals surface area contributed by atoms with Crippen LogP contribution in [0.1, 0.15) is 34.6 Å². The Morgan fingerprint density at radius 1 is 1.19 bits per heavy atom. The molecule has 0 amide bonds. The van der Waals surface area contributed by atoms with Crippen molar-refractivity contribution < 1.29 is 24.0 Å². The summed E-state index contributed by atoms with van der Waals surface area (Å²) in [6.07, 6.45) is -1.05. The summed E-state index contributed by atoms with van der Waals surface area (Å²) in [5.41, 5.74) is 0.0669. The highest BCUT2D eigenvalue weighted by Crippen LogP contribution is 2.24. The van der Waals surface area contributed by atoms with Crippen molar-refractivity contribution in [2.45, 2.75) is 20.0 Å². The van der Waals surface area contributed by atoms with Crippen LogP contribution in [0.3, 0.4) is 0 Å². The van der Waals surface area contributed by atoms with E-state index in [1.165, 1.54) is 13.0 Å². The number of nitro groups is 1. The number of nitro benzene ring substituents is 1. The predicted octanol–water partition coefficient (Wildman–Crippen LogP) is 4.08. The number of ketones is 1. The van der Waals surface area contributed by atoms with Gasteiger partial charge < -0.3 is 9.47 Å². The van der Waals surface area contributed by atoms with Crippen LogP contribution >= 0.6 is 11.6 Å². The van der Waals surface area contributed by atoms with E-state index in [4.69, 9.17) is 21.1 Å². The lowest BCUT2D eigenvalue weighted by atomic mass is 10.1. The van der Waals surface area contributed by atoms with Crippen LogP contribution < -0.4 is 4.74 Å². The van der Waals surface area contributed by atoms with E-state index in [2.05, 4.69) is 0 Å². The minimum absolute atomic E-state index is 0.0522. The van der Waals surface area contributed by atoms with Gasteiger partial charge in [-0.2, -0.15) is 0 Å². The Bertz CT molecular complexity index is 834. The highest BCUT2D eigenvalue weighted by atomic mass is 35.5. The predicted molar refractivity (Wildman–Crippen MR) is 94.9 cm³/mol. The second-order valence-electron chi connectivity index (χ2n) is 5.29. The summed E-state index contributed by atoms with van der Waals surface area (Å²) in [5, 5.41) is 10.6. The van der Waals surface area contributed by atoms with Crippen molar-refractivity contribution in [3.05, 3.63) is 68.7 Å². The van der Waals surface area contributed by atoms with Gasteiger partial charge in [-0.25, -0.2) is 4.79 Å². The molecule has 0 aromatic heterocycles. The first-order valence-electron chi connectivity index (χ1n) is 7.75. The monoisotopic (exact) mass is 377 g/mol. The van der Waals surface area contributed by atoms with E-state index in [1.54, 1.807) is 24.3 Å². The molecule has 0 aliphatic heterocycles.